The van der Waals surface area contributed by atoms with E-state index in [-0.39, 0.29) is 24.3 Å². The third kappa shape index (κ3) is 6.06. The van der Waals surface area contributed by atoms with Crippen LogP contribution in [0.3, 0.4) is 0 Å². The van der Waals surface area contributed by atoms with Crippen molar-refractivity contribution in [2.75, 3.05) is 25.2 Å². The number of benzene rings is 2. The molecule has 0 bridgehead atoms. The maximum atomic E-state index is 12.7. The lowest BCUT2D eigenvalue weighted by Gasteiger charge is -2.26. The van der Waals surface area contributed by atoms with Crippen LogP contribution in [0.15, 0.2) is 48.5 Å². The van der Waals surface area contributed by atoms with E-state index in [1.165, 1.54) is 19.2 Å². The van der Waals surface area contributed by atoms with Crippen molar-refractivity contribution in [3.63, 3.8) is 0 Å². The molecule has 2 atom stereocenters. The Morgan fingerprint density at radius 2 is 1.62 bits per heavy atom. The van der Waals surface area contributed by atoms with E-state index < -0.39 is 42.8 Å². The van der Waals surface area contributed by atoms with Crippen LogP contribution in [0.5, 0.6) is 5.75 Å². The maximum Gasteiger partial charge on any atom is 0.522 e. The van der Waals surface area contributed by atoms with E-state index in [9.17, 15) is 31.1 Å². The van der Waals surface area contributed by atoms with Crippen LogP contribution in [0, 0.1) is 0 Å². The lowest BCUT2D eigenvalue weighted by Crippen LogP contribution is -2.35. The summed E-state index contributed by atoms with van der Waals surface area (Å²) >= 11 is 0. The molecule has 2 aromatic carbocycles. The average Bonchev–Trinajstić information content (AvgIpc) is 3.13. The van der Waals surface area contributed by atoms with Crippen molar-refractivity contribution in [2.24, 2.45) is 0 Å². The number of esters is 1. The van der Waals surface area contributed by atoms with Crippen LogP contribution >= 0.6 is 0 Å². The molecule has 1 fully saturated rings. The smallest absolute Gasteiger partial charge is 0.489 e. The van der Waals surface area contributed by atoms with Crippen LogP contribution in [0.25, 0.3) is 0 Å². The zero-order chi connectivity index (χ0) is 23.5. The molecule has 1 saturated heterocycles. The summed E-state index contributed by atoms with van der Waals surface area (Å²) in [7, 11) is 1.23. The Hall–Kier alpha value is -2.95. The van der Waals surface area contributed by atoms with Crippen molar-refractivity contribution in [2.45, 2.75) is 31.1 Å². The number of hydrogen-bond donors (Lipinski definition) is 0. The Morgan fingerprint density at radius 3 is 2.16 bits per heavy atom. The number of halogens is 6. The van der Waals surface area contributed by atoms with Crippen molar-refractivity contribution in [3.05, 3.63) is 59.7 Å². The number of methoxy groups -OCH3 is 1. The van der Waals surface area contributed by atoms with Gasteiger partial charge in [-0.3, -0.25) is 4.74 Å². The highest BCUT2D eigenvalue weighted by molar-refractivity contribution is 5.89. The van der Waals surface area contributed by atoms with Gasteiger partial charge in [-0.05, 0) is 48.5 Å². The van der Waals surface area contributed by atoms with Gasteiger partial charge in [0.25, 0.3) is 0 Å². The summed E-state index contributed by atoms with van der Waals surface area (Å²) in [6.45, 7) is -0.487. The van der Waals surface area contributed by atoms with Crippen LogP contribution in [0.2, 0.25) is 0 Å². The molecule has 5 nitrogen and oxygen atoms in total. The average molecular weight is 463 g/mol. The maximum absolute atomic E-state index is 12.7. The third-order valence-electron chi connectivity index (χ3n) is 4.92. The Kier molecular flexibility index (Phi) is 6.87. The molecule has 0 spiro atoms. The molecule has 0 N–H and O–H groups in total. The lowest BCUT2D eigenvalue weighted by molar-refractivity contribution is -0.325. The summed E-state index contributed by atoms with van der Waals surface area (Å²) < 4.78 is 90.2. The highest BCUT2D eigenvalue weighted by atomic mass is 19.4. The molecule has 1 aliphatic rings. The molecular formula is C21H19F6NO4. The standard InChI is InChI=1S/C21H19F6NO4/c1-30-19(29)13-2-6-15(7-3-13)28-11-18(10-16(28)12-31-21(25,26)27)32-17-8-4-14(5-9-17)20(22,23)24/h2-9,16,18H,10-12H2,1H3/t16-,18+/m0/s1. The Labute approximate surface area is 179 Å². The Bertz CT molecular complexity index is 912. The van der Waals surface area contributed by atoms with Gasteiger partial charge in [-0.2, -0.15) is 13.2 Å². The first kappa shape index (κ1) is 23.7. The van der Waals surface area contributed by atoms with Gasteiger partial charge in [-0.15, -0.1) is 13.2 Å². The number of carbonyl (C=O) groups excluding carboxylic acids is 1. The molecule has 3 rings (SSSR count). The SMILES string of the molecule is COC(=O)c1ccc(N2C[C@H](Oc3ccc(C(F)(F)F)cc3)C[C@H]2COC(F)(F)F)cc1. The zero-order valence-corrected chi connectivity index (χ0v) is 16.7. The van der Waals surface area contributed by atoms with Gasteiger partial charge in [0.15, 0.2) is 0 Å². The summed E-state index contributed by atoms with van der Waals surface area (Å²) in [4.78, 5) is 13.2. The summed E-state index contributed by atoms with van der Waals surface area (Å²) in [5.41, 5.74) is -0.0249. The fraction of sp³-hybridized carbons (Fsp3) is 0.381. The number of ether oxygens (including phenoxy) is 3. The van der Waals surface area contributed by atoms with Gasteiger partial charge in [-0.1, -0.05) is 0 Å². The molecular weight excluding hydrogens is 444 g/mol. The number of rotatable bonds is 6. The molecule has 2 aromatic rings. The second-order valence-corrected chi connectivity index (χ2v) is 7.10. The molecule has 1 aliphatic heterocycles. The van der Waals surface area contributed by atoms with E-state index in [0.717, 1.165) is 24.3 Å². The van der Waals surface area contributed by atoms with Crippen LogP contribution < -0.4 is 9.64 Å². The van der Waals surface area contributed by atoms with Crippen LogP contribution in [0.1, 0.15) is 22.3 Å². The van der Waals surface area contributed by atoms with E-state index in [1.54, 1.807) is 17.0 Å². The first-order chi connectivity index (χ1) is 15.0. The third-order valence-corrected chi connectivity index (χ3v) is 4.92. The van der Waals surface area contributed by atoms with E-state index >= 15 is 0 Å². The van der Waals surface area contributed by atoms with Crippen LogP contribution in [-0.4, -0.2) is 44.7 Å². The highest BCUT2D eigenvalue weighted by Crippen LogP contribution is 2.33. The quantitative estimate of drug-likeness (QED) is 0.443. The number of nitrogens with zero attached hydrogens (tertiary/aromatic N) is 1. The first-order valence-electron chi connectivity index (χ1n) is 9.46. The van der Waals surface area contributed by atoms with Gasteiger partial charge >= 0.3 is 18.5 Å². The van der Waals surface area contributed by atoms with Crippen molar-refractivity contribution in [1.82, 2.24) is 0 Å². The molecule has 0 aliphatic carbocycles. The molecule has 0 amide bonds. The molecule has 11 heteroatoms. The largest absolute Gasteiger partial charge is 0.522 e. The van der Waals surface area contributed by atoms with E-state index in [0.29, 0.717) is 5.69 Å². The first-order valence-corrected chi connectivity index (χ1v) is 9.46. The summed E-state index contributed by atoms with van der Waals surface area (Å²) in [6.07, 6.45) is -9.74. The van der Waals surface area contributed by atoms with Crippen LogP contribution in [-0.2, 0) is 15.7 Å². The lowest BCUT2D eigenvalue weighted by atomic mass is 10.1. The monoisotopic (exact) mass is 463 g/mol. The molecule has 0 saturated carbocycles. The normalized spacial score (nSPS) is 19.2. The van der Waals surface area contributed by atoms with E-state index in [1.807, 2.05) is 0 Å². The fourth-order valence-corrected chi connectivity index (χ4v) is 3.45. The zero-order valence-electron chi connectivity index (χ0n) is 16.7. The van der Waals surface area contributed by atoms with Gasteiger partial charge in [0.05, 0.1) is 37.4 Å². The molecule has 174 valence electrons. The van der Waals surface area contributed by atoms with Crippen LogP contribution in [0.4, 0.5) is 32.0 Å². The van der Waals surface area contributed by atoms with Gasteiger partial charge in [-0.25, -0.2) is 4.79 Å². The Balaban J connectivity index is 1.75. The minimum absolute atomic E-state index is 0.149. The predicted octanol–water partition coefficient (Wildman–Crippen LogP) is 5.05. The van der Waals surface area contributed by atoms with Crippen molar-refractivity contribution in [1.29, 1.82) is 0 Å². The molecule has 0 radical (unpaired) electrons. The molecule has 0 unspecified atom stereocenters. The van der Waals surface area contributed by atoms with Gasteiger partial charge in [0.1, 0.15) is 11.9 Å². The van der Waals surface area contributed by atoms with Gasteiger partial charge in [0.2, 0.25) is 0 Å². The minimum atomic E-state index is -4.81. The topological polar surface area (TPSA) is 48.0 Å². The van der Waals surface area contributed by atoms with Crippen molar-refractivity contribution in [3.8, 4) is 5.75 Å². The van der Waals surface area contributed by atoms with Gasteiger partial charge in [0, 0.05) is 12.1 Å². The molecule has 32 heavy (non-hydrogen) atoms. The van der Waals surface area contributed by atoms with Crippen molar-refractivity contribution >= 4 is 11.7 Å². The van der Waals surface area contributed by atoms with E-state index in [2.05, 4.69) is 9.47 Å². The summed E-state index contributed by atoms with van der Waals surface area (Å²) in [6, 6.07) is 9.45. The van der Waals surface area contributed by atoms with E-state index in [4.69, 9.17) is 4.74 Å². The molecule has 1 heterocycles. The van der Waals surface area contributed by atoms with Crippen molar-refractivity contribution < 1.29 is 45.3 Å². The van der Waals surface area contributed by atoms with Gasteiger partial charge < -0.3 is 14.4 Å². The summed E-state index contributed by atoms with van der Waals surface area (Å²) in [5, 5.41) is 0. The highest BCUT2D eigenvalue weighted by Gasteiger charge is 2.38. The number of hydrogen-bond acceptors (Lipinski definition) is 5. The number of anilines is 1. The second-order valence-electron chi connectivity index (χ2n) is 7.10. The summed E-state index contributed by atoms with van der Waals surface area (Å²) in [5.74, 6) is -0.389. The Morgan fingerprint density at radius 1 is 1.00 bits per heavy atom. The number of carbonyl (C=O) groups is 1. The fourth-order valence-electron chi connectivity index (χ4n) is 3.45. The minimum Gasteiger partial charge on any atom is -0.489 e. The number of alkyl halides is 6. The molecule has 0 aromatic heterocycles. The second kappa shape index (κ2) is 9.27. The predicted molar refractivity (Wildman–Crippen MR) is 101 cm³/mol.